The third-order valence-corrected chi connectivity index (χ3v) is 4.80. The van der Waals surface area contributed by atoms with Crippen molar-refractivity contribution in [1.29, 1.82) is 0 Å². The summed E-state index contributed by atoms with van der Waals surface area (Å²) in [6.07, 6.45) is 1.43. The Morgan fingerprint density at radius 1 is 1.35 bits per heavy atom. The lowest BCUT2D eigenvalue weighted by Crippen LogP contribution is -2.24. The number of rotatable bonds is 4. The average molecular weight is 330 g/mol. The van der Waals surface area contributed by atoms with Gasteiger partial charge in [0.15, 0.2) is 0 Å². The number of anilines is 2. The third kappa shape index (κ3) is 3.22. The van der Waals surface area contributed by atoms with Crippen molar-refractivity contribution in [2.45, 2.75) is 19.8 Å². The van der Waals surface area contributed by atoms with Gasteiger partial charge in [0, 0.05) is 24.7 Å². The molecule has 0 spiro atoms. The molecule has 1 N–H and O–H groups in total. The van der Waals surface area contributed by atoms with E-state index in [1.807, 2.05) is 24.4 Å². The van der Waals surface area contributed by atoms with Crippen molar-refractivity contribution in [2.75, 3.05) is 23.9 Å². The van der Waals surface area contributed by atoms with Crippen molar-refractivity contribution in [2.24, 2.45) is 0 Å². The molecule has 1 fully saturated rings. The monoisotopic (exact) mass is 330 g/mol. The normalized spacial score (nSPS) is 14.2. The lowest BCUT2D eigenvalue weighted by molar-refractivity contribution is -0.117. The van der Waals surface area contributed by atoms with Crippen LogP contribution in [-0.4, -0.2) is 25.5 Å². The van der Waals surface area contributed by atoms with Gasteiger partial charge in [0.2, 0.25) is 5.91 Å². The van der Waals surface area contributed by atoms with Gasteiger partial charge in [-0.05, 0) is 42.5 Å². The fraction of sp³-hybridized carbons (Fsp3) is 0.294. The van der Waals surface area contributed by atoms with Gasteiger partial charge in [0.05, 0.1) is 17.7 Å². The molecule has 0 atom stereocenters. The minimum absolute atomic E-state index is 0.106. The molecule has 2 aromatic rings. The molecule has 0 bridgehead atoms. The summed E-state index contributed by atoms with van der Waals surface area (Å²) in [5.74, 6) is 0.546. The number of hydrogen-bond donors (Lipinski definition) is 1. The first-order chi connectivity index (χ1) is 11.1. The molecule has 1 aliphatic heterocycles. The Balaban J connectivity index is 1.81. The number of methoxy groups -OCH3 is 1. The first-order valence-electron chi connectivity index (χ1n) is 7.43. The van der Waals surface area contributed by atoms with E-state index in [0.29, 0.717) is 29.3 Å². The number of carbonyl (C=O) groups is 2. The molecule has 1 aromatic carbocycles. The van der Waals surface area contributed by atoms with Gasteiger partial charge in [-0.1, -0.05) is 0 Å². The van der Waals surface area contributed by atoms with E-state index in [2.05, 4.69) is 5.32 Å². The Bertz CT molecular complexity index is 754. The fourth-order valence-corrected chi connectivity index (χ4v) is 3.42. The lowest BCUT2D eigenvalue weighted by atomic mass is 10.2. The van der Waals surface area contributed by atoms with Crippen LogP contribution in [0.4, 0.5) is 11.4 Å². The van der Waals surface area contributed by atoms with E-state index in [1.165, 1.54) is 11.3 Å². The van der Waals surface area contributed by atoms with Crippen molar-refractivity contribution in [3.05, 3.63) is 40.1 Å². The molecule has 0 unspecified atom stereocenters. The first kappa shape index (κ1) is 15.6. The Kier molecular flexibility index (Phi) is 4.34. The number of thiophene rings is 1. The van der Waals surface area contributed by atoms with Gasteiger partial charge in [-0.15, -0.1) is 11.3 Å². The van der Waals surface area contributed by atoms with Crippen LogP contribution in [0.15, 0.2) is 29.6 Å². The number of benzene rings is 1. The maximum atomic E-state index is 12.2. The number of amides is 2. The fourth-order valence-electron chi connectivity index (χ4n) is 2.62. The molecule has 120 valence electrons. The van der Waals surface area contributed by atoms with E-state index in [4.69, 9.17) is 4.74 Å². The summed E-state index contributed by atoms with van der Waals surface area (Å²) >= 11 is 1.41. The molecular formula is C17H18N2O3S. The summed E-state index contributed by atoms with van der Waals surface area (Å²) in [5, 5.41) is 4.81. The summed E-state index contributed by atoms with van der Waals surface area (Å²) in [6, 6.07) is 7.22. The van der Waals surface area contributed by atoms with E-state index in [0.717, 1.165) is 17.7 Å². The minimum Gasteiger partial charge on any atom is -0.494 e. The summed E-state index contributed by atoms with van der Waals surface area (Å²) in [4.78, 5) is 26.5. The molecule has 1 saturated heterocycles. The van der Waals surface area contributed by atoms with Crippen LogP contribution < -0.4 is 15.0 Å². The smallest absolute Gasteiger partial charge is 0.265 e. The molecule has 1 aromatic heterocycles. The largest absolute Gasteiger partial charge is 0.494 e. The number of nitrogens with zero attached hydrogens (tertiary/aromatic N) is 1. The van der Waals surface area contributed by atoms with E-state index in [1.54, 1.807) is 24.1 Å². The molecule has 5 nitrogen and oxygen atoms in total. The van der Waals surface area contributed by atoms with E-state index >= 15 is 0 Å². The Morgan fingerprint density at radius 3 is 2.78 bits per heavy atom. The number of nitrogens with one attached hydrogen (secondary N) is 1. The highest BCUT2D eigenvalue weighted by Crippen LogP contribution is 2.34. The second kappa shape index (κ2) is 6.42. The van der Waals surface area contributed by atoms with Crippen LogP contribution in [0.3, 0.4) is 0 Å². The van der Waals surface area contributed by atoms with Gasteiger partial charge in [0.1, 0.15) is 5.75 Å². The van der Waals surface area contributed by atoms with Crippen molar-refractivity contribution in [3.63, 3.8) is 0 Å². The van der Waals surface area contributed by atoms with Crippen LogP contribution in [0.5, 0.6) is 5.75 Å². The summed E-state index contributed by atoms with van der Waals surface area (Å²) in [5.41, 5.74) is 2.47. The Labute approximate surface area is 138 Å². The Morgan fingerprint density at radius 2 is 2.17 bits per heavy atom. The number of aryl methyl sites for hydroxylation is 1. The molecule has 3 rings (SSSR count). The van der Waals surface area contributed by atoms with Crippen LogP contribution in [0.25, 0.3) is 0 Å². The van der Waals surface area contributed by atoms with Gasteiger partial charge in [-0.25, -0.2) is 0 Å². The minimum atomic E-state index is -0.143. The zero-order valence-corrected chi connectivity index (χ0v) is 13.9. The van der Waals surface area contributed by atoms with E-state index in [9.17, 15) is 9.59 Å². The predicted molar refractivity (Wildman–Crippen MR) is 91.6 cm³/mol. The Hall–Kier alpha value is -2.34. The molecule has 2 amide bonds. The standard InChI is InChI=1S/C17H18N2O3S/c1-11-8-15(23-10-11)17(21)18-12-5-6-13(14(9-12)22-2)19-7-3-4-16(19)20/h5-6,8-10H,3-4,7H2,1-2H3,(H,18,21). The van der Waals surface area contributed by atoms with Crippen molar-refractivity contribution in [1.82, 2.24) is 0 Å². The quantitative estimate of drug-likeness (QED) is 0.934. The maximum Gasteiger partial charge on any atom is 0.265 e. The molecular weight excluding hydrogens is 312 g/mol. The van der Waals surface area contributed by atoms with Crippen LogP contribution in [0.2, 0.25) is 0 Å². The second-order valence-electron chi connectivity index (χ2n) is 5.48. The van der Waals surface area contributed by atoms with Crippen molar-refractivity contribution in [3.8, 4) is 5.75 Å². The number of hydrogen-bond acceptors (Lipinski definition) is 4. The van der Waals surface area contributed by atoms with Gasteiger partial charge in [-0.2, -0.15) is 0 Å². The van der Waals surface area contributed by atoms with Crippen molar-refractivity contribution >= 4 is 34.5 Å². The van der Waals surface area contributed by atoms with E-state index in [-0.39, 0.29) is 11.8 Å². The highest BCUT2D eigenvalue weighted by Gasteiger charge is 2.24. The topological polar surface area (TPSA) is 58.6 Å². The zero-order chi connectivity index (χ0) is 16.4. The van der Waals surface area contributed by atoms with Gasteiger partial charge >= 0.3 is 0 Å². The van der Waals surface area contributed by atoms with Crippen LogP contribution in [0.1, 0.15) is 28.1 Å². The molecule has 23 heavy (non-hydrogen) atoms. The average Bonchev–Trinajstić information content (AvgIpc) is 3.16. The molecule has 2 heterocycles. The van der Waals surface area contributed by atoms with Crippen LogP contribution in [-0.2, 0) is 4.79 Å². The molecule has 1 aliphatic rings. The first-order valence-corrected chi connectivity index (χ1v) is 8.31. The molecule has 0 saturated carbocycles. The zero-order valence-electron chi connectivity index (χ0n) is 13.1. The van der Waals surface area contributed by atoms with Gasteiger partial charge in [0.25, 0.3) is 5.91 Å². The predicted octanol–water partition coefficient (Wildman–Crippen LogP) is 3.44. The summed E-state index contributed by atoms with van der Waals surface area (Å²) in [7, 11) is 1.56. The van der Waals surface area contributed by atoms with Gasteiger partial charge in [-0.3, -0.25) is 9.59 Å². The highest BCUT2D eigenvalue weighted by atomic mass is 32.1. The summed E-state index contributed by atoms with van der Waals surface area (Å²) < 4.78 is 5.40. The molecule has 0 radical (unpaired) electrons. The number of carbonyl (C=O) groups excluding carboxylic acids is 2. The lowest BCUT2D eigenvalue weighted by Gasteiger charge is -2.19. The van der Waals surface area contributed by atoms with Crippen LogP contribution >= 0.6 is 11.3 Å². The van der Waals surface area contributed by atoms with Crippen molar-refractivity contribution < 1.29 is 14.3 Å². The van der Waals surface area contributed by atoms with E-state index < -0.39 is 0 Å². The summed E-state index contributed by atoms with van der Waals surface area (Å²) in [6.45, 7) is 2.66. The number of ether oxygens (including phenoxy) is 1. The molecule has 6 heteroatoms. The van der Waals surface area contributed by atoms with Crippen LogP contribution in [0, 0.1) is 6.92 Å². The highest BCUT2D eigenvalue weighted by molar-refractivity contribution is 7.12. The van der Waals surface area contributed by atoms with Gasteiger partial charge < -0.3 is 15.0 Å². The second-order valence-corrected chi connectivity index (χ2v) is 6.39. The SMILES string of the molecule is COc1cc(NC(=O)c2cc(C)cs2)ccc1N1CCCC1=O. The third-order valence-electron chi connectivity index (χ3n) is 3.76. The maximum absolute atomic E-state index is 12.2. The molecule has 0 aliphatic carbocycles.